The third kappa shape index (κ3) is 4.61. The van der Waals surface area contributed by atoms with E-state index in [1.165, 1.54) is 4.70 Å². The van der Waals surface area contributed by atoms with E-state index in [9.17, 15) is 20.4 Å². The van der Waals surface area contributed by atoms with Gasteiger partial charge in [0, 0.05) is 16.0 Å². The molecule has 0 amide bonds. The van der Waals surface area contributed by atoms with E-state index in [1.807, 2.05) is 18.2 Å². The molecule has 2 aromatic carbocycles. The summed E-state index contributed by atoms with van der Waals surface area (Å²) in [6.45, 7) is -0.441. The minimum Gasteiger partial charge on any atom is -0.491 e. The average Bonchev–Trinajstić information content (AvgIpc) is 3.19. The van der Waals surface area contributed by atoms with E-state index in [2.05, 4.69) is 18.2 Å². The summed E-state index contributed by atoms with van der Waals surface area (Å²) in [6, 6.07) is 15.5. The van der Waals surface area contributed by atoms with Gasteiger partial charge in [0.25, 0.3) is 0 Å². The first kappa shape index (κ1) is 22.2. The van der Waals surface area contributed by atoms with Crippen molar-refractivity contribution < 1.29 is 35.0 Å². The summed E-state index contributed by atoms with van der Waals surface area (Å²) >= 11 is 1.68. The molecule has 1 fully saturated rings. The molecule has 4 rings (SSSR count). The van der Waals surface area contributed by atoms with E-state index in [1.54, 1.807) is 23.5 Å². The van der Waals surface area contributed by atoms with E-state index in [0.29, 0.717) is 17.7 Å². The molecule has 5 N–H and O–H groups in total. The van der Waals surface area contributed by atoms with Crippen LogP contribution in [0.3, 0.4) is 0 Å². The molecule has 8 heteroatoms. The van der Waals surface area contributed by atoms with Crippen LogP contribution >= 0.6 is 11.3 Å². The van der Waals surface area contributed by atoms with E-state index >= 15 is 0 Å². The van der Waals surface area contributed by atoms with Gasteiger partial charge in [-0.3, -0.25) is 0 Å². The second kappa shape index (κ2) is 9.62. The van der Waals surface area contributed by atoms with Gasteiger partial charge in [-0.05, 0) is 40.8 Å². The molecule has 7 nitrogen and oxygen atoms in total. The Morgan fingerprint density at radius 3 is 2.48 bits per heavy atom. The van der Waals surface area contributed by atoms with Gasteiger partial charge < -0.3 is 35.0 Å². The van der Waals surface area contributed by atoms with Gasteiger partial charge in [-0.1, -0.05) is 24.3 Å². The van der Waals surface area contributed by atoms with Gasteiger partial charge in [0.15, 0.2) is 0 Å². The van der Waals surface area contributed by atoms with Gasteiger partial charge in [-0.2, -0.15) is 0 Å². The molecule has 31 heavy (non-hydrogen) atoms. The van der Waals surface area contributed by atoms with Crippen LogP contribution in [0.5, 0.6) is 5.75 Å². The predicted octanol–water partition coefficient (Wildman–Crippen LogP) is 1.38. The molecule has 0 saturated carbocycles. The Morgan fingerprint density at radius 1 is 0.935 bits per heavy atom. The van der Waals surface area contributed by atoms with Crippen LogP contribution in [0.4, 0.5) is 0 Å². The highest BCUT2D eigenvalue weighted by Gasteiger charge is 2.44. The summed E-state index contributed by atoms with van der Waals surface area (Å²) in [5, 5.41) is 50.5. The highest BCUT2D eigenvalue weighted by molar-refractivity contribution is 7.19. The third-order valence-corrected chi connectivity index (χ3v) is 6.61. The molecular formula is C23H26O7S. The molecule has 0 radical (unpaired) electrons. The topological polar surface area (TPSA) is 120 Å². The Labute approximate surface area is 183 Å². The van der Waals surface area contributed by atoms with Crippen molar-refractivity contribution >= 4 is 21.4 Å². The fraction of sp³-hybridized carbons (Fsp3) is 0.391. The van der Waals surface area contributed by atoms with Gasteiger partial charge in [-0.25, -0.2) is 0 Å². The van der Waals surface area contributed by atoms with Crippen molar-refractivity contribution in [3.63, 3.8) is 0 Å². The van der Waals surface area contributed by atoms with Crippen LogP contribution in [0.2, 0.25) is 0 Å². The van der Waals surface area contributed by atoms with E-state index in [-0.39, 0.29) is 13.2 Å². The van der Waals surface area contributed by atoms with Crippen molar-refractivity contribution in [2.24, 2.45) is 0 Å². The molecule has 0 aliphatic carbocycles. The Hall–Kier alpha value is -2.04. The first-order valence-electron chi connectivity index (χ1n) is 10.2. The molecule has 1 aliphatic rings. The average molecular weight is 447 g/mol. The van der Waals surface area contributed by atoms with Gasteiger partial charge in [0.2, 0.25) is 0 Å². The number of rotatable bonds is 7. The lowest BCUT2D eigenvalue weighted by molar-refractivity contribution is -0.231. The second-order valence-electron chi connectivity index (χ2n) is 7.62. The minimum atomic E-state index is -1.44. The quantitative estimate of drug-likeness (QED) is 0.372. The summed E-state index contributed by atoms with van der Waals surface area (Å²) in [5.41, 5.74) is 1.44. The van der Waals surface area contributed by atoms with Crippen molar-refractivity contribution in [1.29, 1.82) is 0 Å². The van der Waals surface area contributed by atoms with Crippen molar-refractivity contribution in [3.05, 3.63) is 64.5 Å². The molecule has 1 aliphatic heterocycles. The van der Waals surface area contributed by atoms with Crippen molar-refractivity contribution in [2.45, 2.75) is 36.9 Å². The summed E-state index contributed by atoms with van der Waals surface area (Å²) < 4.78 is 12.6. The molecule has 0 spiro atoms. The Morgan fingerprint density at radius 2 is 1.74 bits per heavy atom. The Balaban J connectivity index is 1.66. The number of hydrogen-bond donors (Lipinski definition) is 5. The van der Waals surface area contributed by atoms with E-state index in [0.717, 1.165) is 15.8 Å². The number of ether oxygens (including phenoxy) is 2. The monoisotopic (exact) mass is 446 g/mol. The number of aliphatic hydroxyl groups is 5. The van der Waals surface area contributed by atoms with Crippen LogP contribution in [-0.2, 0) is 11.2 Å². The molecule has 0 unspecified atom stereocenters. The maximum Gasteiger partial charge on any atom is 0.122 e. The standard InChI is InChI=1S/C23H26O7S/c24-7-8-29-17-6-5-14(23-22(28)21(27)20(26)18(12-25)30-23)9-15(17)11-16-10-13-3-1-2-4-19(13)31-16/h1-6,9-10,18,20-28H,7-8,11-12H2/t18-,20-,21+,22-,23+/m1/s1. The van der Waals surface area contributed by atoms with Crippen LogP contribution in [0.1, 0.15) is 22.1 Å². The fourth-order valence-corrected chi connectivity index (χ4v) is 4.99. The highest BCUT2D eigenvalue weighted by Crippen LogP contribution is 2.36. The smallest absolute Gasteiger partial charge is 0.122 e. The number of thiophene rings is 1. The van der Waals surface area contributed by atoms with Crippen molar-refractivity contribution in [2.75, 3.05) is 19.8 Å². The zero-order valence-electron chi connectivity index (χ0n) is 16.8. The Bertz CT molecular complexity index is 985. The van der Waals surface area contributed by atoms with Gasteiger partial charge >= 0.3 is 0 Å². The zero-order chi connectivity index (χ0) is 22.0. The SMILES string of the molecule is OCCOc1ccc([C@@H]2O[C@H](CO)[C@@H](O)[C@H](O)[C@H]2O)cc1Cc1cc2ccccc2s1. The molecule has 5 atom stereocenters. The molecule has 0 bridgehead atoms. The lowest BCUT2D eigenvalue weighted by Crippen LogP contribution is -2.55. The van der Waals surface area contributed by atoms with Gasteiger partial charge in [-0.15, -0.1) is 11.3 Å². The summed E-state index contributed by atoms with van der Waals surface area (Å²) in [6.07, 6.45) is -5.50. The molecule has 2 heterocycles. The lowest BCUT2D eigenvalue weighted by atomic mass is 9.90. The summed E-state index contributed by atoms with van der Waals surface area (Å²) in [4.78, 5) is 1.13. The maximum atomic E-state index is 10.5. The van der Waals surface area contributed by atoms with Crippen molar-refractivity contribution in [1.82, 2.24) is 0 Å². The largest absolute Gasteiger partial charge is 0.491 e. The number of fused-ring (bicyclic) bond motifs is 1. The predicted molar refractivity (Wildman–Crippen MR) is 116 cm³/mol. The summed E-state index contributed by atoms with van der Waals surface area (Å²) in [5.74, 6) is 0.611. The normalized spacial score (nSPS) is 26.3. The maximum absolute atomic E-state index is 10.5. The minimum absolute atomic E-state index is 0.114. The zero-order valence-corrected chi connectivity index (χ0v) is 17.6. The third-order valence-electron chi connectivity index (χ3n) is 5.50. The number of hydrogen-bond acceptors (Lipinski definition) is 8. The van der Waals surface area contributed by atoms with E-state index in [4.69, 9.17) is 14.6 Å². The van der Waals surface area contributed by atoms with Crippen LogP contribution in [0.15, 0.2) is 48.5 Å². The van der Waals surface area contributed by atoms with Crippen molar-refractivity contribution in [3.8, 4) is 5.75 Å². The van der Waals surface area contributed by atoms with Crippen LogP contribution in [0.25, 0.3) is 10.1 Å². The van der Waals surface area contributed by atoms with Gasteiger partial charge in [0.05, 0.1) is 13.2 Å². The molecule has 3 aromatic rings. The second-order valence-corrected chi connectivity index (χ2v) is 8.78. The summed E-state index contributed by atoms with van der Waals surface area (Å²) in [7, 11) is 0. The van der Waals surface area contributed by atoms with Crippen LogP contribution in [-0.4, -0.2) is 69.8 Å². The van der Waals surface area contributed by atoms with Crippen LogP contribution in [0, 0.1) is 0 Å². The van der Waals surface area contributed by atoms with Gasteiger partial charge in [0.1, 0.15) is 42.9 Å². The molecule has 1 aromatic heterocycles. The highest BCUT2D eigenvalue weighted by atomic mass is 32.1. The first-order chi connectivity index (χ1) is 15.0. The lowest BCUT2D eigenvalue weighted by Gasteiger charge is -2.40. The van der Waals surface area contributed by atoms with Crippen LogP contribution < -0.4 is 4.74 Å². The number of benzene rings is 2. The van der Waals surface area contributed by atoms with E-state index < -0.39 is 37.1 Å². The Kier molecular flexibility index (Phi) is 6.88. The fourth-order valence-electron chi connectivity index (χ4n) is 3.90. The molecular weight excluding hydrogens is 420 g/mol. The first-order valence-corrected chi connectivity index (χ1v) is 11.0. The molecule has 1 saturated heterocycles. The molecule has 166 valence electrons. The number of aliphatic hydroxyl groups excluding tert-OH is 5.